The largest absolute Gasteiger partial charge is 0.574 e. The molecule has 0 fully saturated rings. The average molecular weight is 1330 g/mol. The maximum Gasteiger partial charge on any atom is 0.267 e. The molecule has 0 saturated heterocycles. The van der Waals surface area contributed by atoms with E-state index in [2.05, 4.69) is 268 Å². The molecule has 12 aromatic carbocycles. The van der Waals surface area contributed by atoms with Gasteiger partial charge < -0.3 is 19.3 Å². The van der Waals surface area contributed by atoms with Gasteiger partial charge in [-0.05, 0) is 174 Å². The van der Waals surface area contributed by atoms with E-state index < -0.39 is 0 Å². The molecular formula is C82H56IrN7-3. The predicted molar refractivity (Wildman–Crippen MR) is 363 cm³/mol. The topological polar surface area (TPSA) is 57.5 Å². The van der Waals surface area contributed by atoms with Gasteiger partial charge in [0, 0.05) is 49.6 Å². The van der Waals surface area contributed by atoms with E-state index in [1.54, 1.807) is 12.4 Å². The van der Waals surface area contributed by atoms with Crippen molar-refractivity contribution >= 4 is 109 Å². The maximum absolute atomic E-state index is 4.12. The SMILES string of the molecule is Cc1c(C)[n+](-c2ccc3ccc4cccc5ccc2c3c45)[c-]n1-c1[c-]cc2c3c4c(ccc13)C=CCC4=CC2.Cc1c(C)[n+](-c2ccc3ccc4cccc5ccc2c3c45)[c-]n1-c1[c-]cc2c3c4c(ccc13)C=CCC4=CC2.[Ir].c1ccc(-c2ccn[n-]2)nc1. The van der Waals surface area contributed by atoms with Gasteiger partial charge in [0.1, 0.15) is 0 Å². The molecule has 90 heavy (non-hydrogen) atoms. The van der Waals surface area contributed by atoms with Gasteiger partial charge in [-0.1, -0.05) is 176 Å². The molecular weight excluding hydrogens is 1280 g/mol. The van der Waals surface area contributed by atoms with Crippen molar-refractivity contribution in [1.29, 1.82) is 0 Å². The normalized spacial score (nSPS) is 13.6. The zero-order valence-corrected chi connectivity index (χ0v) is 52.5. The van der Waals surface area contributed by atoms with Gasteiger partial charge >= 0.3 is 0 Å². The number of pyridine rings is 1. The summed E-state index contributed by atoms with van der Waals surface area (Å²) in [6, 6.07) is 68.6. The van der Waals surface area contributed by atoms with Crippen LogP contribution in [0, 0.1) is 52.5 Å². The van der Waals surface area contributed by atoms with Gasteiger partial charge in [0.15, 0.2) is 0 Å². The Morgan fingerprint density at radius 2 is 0.889 bits per heavy atom. The molecule has 7 nitrogen and oxygen atoms in total. The zero-order chi connectivity index (χ0) is 59.2. The van der Waals surface area contributed by atoms with Crippen LogP contribution in [0.5, 0.6) is 0 Å². The summed E-state index contributed by atoms with van der Waals surface area (Å²) in [5, 5.41) is 28.4. The van der Waals surface area contributed by atoms with Crippen LogP contribution in [0.25, 0.3) is 144 Å². The number of imidazole rings is 2. The summed E-state index contributed by atoms with van der Waals surface area (Å²) in [6.07, 6.45) is 28.8. The standard InChI is InChI=1S/2C37H25N2.C8H6N3.Ir/c2*1-22-23(2)39(33-20-16-29-12-10-25-6-4-8-27-14-18-31(33)37(29)35(25)27)21-38(22)32-19-15-28-11-9-24-5-3-7-26-13-17-30(32)36(28)34(24)26;1-2-5-9-7(3-1)8-4-6-10-11-8;/h2*3-5,7-11,13-19H,6,12H2,1-2H3;1-6H;/q3*-1;. The third-order valence-electron chi connectivity index (χ3n) is 19.6. The van der Waals surface area contributed by atoms with Crippen LogP contribution >= 0.6 is 0 Å². The van der Waals surface area contributed by atoms with Gasteiger partial charge in [0.05, 0.1) is 22.8 Å². The number of nitrogens with zero attached hydrogens (tertiary/aromatic N) is 7. The third-order valence-corrected chi connectivity index (χ3v) is 19.6. The average Bonchev–Trinajstić information content (AvgIpc) is 1.32. The molecule has 4 aliphatic carbocycles. The third kappa shape index (κ3) is 8.14. The molecule has 8 heteroatoms. The van der Waals surface area contributed by atoms with Gasteiger partial charge in [0.2, 0.25) is 0 Å². The van der Waals surface area contributed by atoms with Crippen LogP contribution < -0.4 is 14.2 Å². The van der Waals surface area contributed by atoms with E-state index >= 15 is 0 Å². The molecule has 0 atom stereocenters. The van der Waals surface area contributed by atoms with Gasteiger partial charge in [0.25, 0.3) is 12.7 Å². The van der Waals surface area contributed by atoms with Gasteiger partial charge in [-0.25, -0.2) is 0 Å². The second kappa shape index (κ2) is 20.9. The zero-order valence-electron chi connectivity index (χ0n) is 50.1. The summed E-state index contributed by atoms with van der Waals surface area (Å²) in [5.41, 5.74) is 22.0. The second-order valence-electron chi connectivity index (χ2n) is 24.2. The van der Waals surface area contributed by atoms with Crippen LogP contribution in [0.4, 0.5) is 0 Å². The van der Waals surface area contributed by atoms with Crippen LogP contribution in [-0.4, -0.2) is 19.2 Å². The molecule has 0 spiro atoms. The molecule has 0 unspecified atom stereocenters. The molecule has 4 heterocycles. The van der Waals surface area contributed by atoms with E-state index in [0.717, 1.165) is 59.8 Å². The van der Waals surface area contributed by atoms with Crippen LogP contribution in [0.3, 0.4) is 0 Å². The Bertz CT molecular complexity index is 5420. The summed E-state index contributed by atoms with van der Waals surface area (Å²) in [7, 11) is 0. The molecule has 0 amide bonds. The van der Waals surface area contributed by atoms with Crippen molar-refractivity contribution in [3.05, 3.63) is 287 Å². The number of allylic oxidation sites excluding steroid dienone is 6. The van der Waals surface area contributed by atoms with E-state index in [1.807, 2.05) is 24.3 Å². The molecule has 1 radical (unpaired) electrons. The first-order valence-electron chi connectivity index (χ1n) is 30.8. The predicted octanol–water partition coefficient (Wildman–Crippen LogP) is 17.9. The molecule has 4 aromatic heterocycles. The second-order valence-corrected chi connectivity index (χ2v) is 24.2. The van der Waals surface area contributed by atoms with Crippen molar-refractivity contribution < 1.29 is 29.2 Å². The molecule has 431 valence electrons. The summed E-state index contributed by atoms with van der Waals surface area (Å²) in [4.78, 5) is 4.12. The Morgan fingerprint density at radius 1 is 0.433 bits per heavy atom. The maximum atomic E-state index is 4.12. The Morgan fingerprint density at radius 3 is 1.34 bits per heavy atom. The Kier molecular flexibility index (Phi) is 12.5. The Balaban J connectivity index is 0.000000117. The fourth-order valence-corrected chi connectivity index (χ4v) is 15.0. The first kappa shape index (κ1) is 53.8. The van der Waals surface area contributed by atoms with Gasteiger partial charge in [-0.15, -0.1) is 44.8 Å². The number of aromatic nitrogens is 7. The van der Waals surface area contributed by atoms with Crippen molar-refractivity contribution in [2.24, 2.45) is 0 Å². The van der Waals surface area contributed by atoms with Crippen LogP contribution in [0.2, 0.25) is 0 Å². The first-order valence-corrected chi connectivity index (χ1v) is 30.8. The van der Waals surface area contributed by atoms with Crippen molar-refractivity contribution in [1.82, 2.24) is 24.3 Å². The minimum absolute atomic E-state index is 0. The van der Waals surface area contributed by atoms with E-state index in [-0.39, 0.29) is 20.1 Å². The summed E-state index contributed by atoms with van der Waals surface area (Å²) >= 11 is 0. The van der Waals surface area contributed by atoms with Crippen molar-refractivity contribution in [2.75, 3.05) is 0 Å². The number of hydrogen-bond donors (Lipinski definition) is 0. The van der Waals surface area contributed by atoms with Gasteiger partial charge in [-0.2, -0.15) is 24.3 Å². The van der Waals surface area contributed by atoms with Crippen LogP contribution in [-0.2, 0) is 32.9 Å². The molecule has 0 bridgehead atoms. The number of benzene rings is 12. The summed E-state index contributed by atoms with van der Waals surface area (Å²) in [5.74, 6) is 0. The fraction of sp³-hybridized carbons (Fsp3) is 0.0976. The number of hydrogen-bond acceptors (Lipinski definition) is 2. The molecule has 20 rings (SSSR count). The van der Waals surface area contributed by atoms with Crippen LogP contribution in [0.15, 0.2) is 207 Å². The molecule has 16 aromatic rings. The fourth-order valence-electron chi connectivity index (χ4n) is 15.0. The summed E-state index contributed by atoms with van der Waals surface area (Å²) in [6.45, 7) is 8.80. The van der Waals surface area contributed by atoms with Crippen molar-refractivity contribution in [3.8, 4) is 34.1 Å². The molecule has 0 saturated carbocycles. The van der Waals surface area contributed by atoms with E-state index in [1.165, 1.54) is 153 Å². The minimum atomic E-state index is 0. The van der Waals surface area contributed by atoms with E-state index in [0.29, 0.717) is 0 Å². The van der Waals surface area contributed by atoms with Crippen molar-refractivity contribution in [2.45, 2.75) is 53.4 Å². The Hall–Kier alpha value is -10.4. The van der Waals surface area contributed by atoms with Gasteiger partial charge in [-0.3, -0.25) is 14.1 Å². The smallest absolute Gasteiger partial charge is 0.267 e. The summed E-state index contributed by atoms with van der Waals surface area (Å²) < 4.78 is 8.92. The molecule has 0 aliphatic heterocycles. The molecule has 0 N–H and O–H groups in total. The Labute approximate surface area is 534 Å². The monoisotopic (exact) mass is 1330 g/mol. The van der Waals surface area contributed by atoms with E-state index in [9.17, 15) is 0 Å². The van der Waals surface area contributed by atoms with Crippen molar-refractivity contribution in [3.63, 3.8) is 0 Å². The first-order chi connectivity index (χ1) is 43.8. The minimum Gasteiger partial charge on any atom is -0.574 e. The van der Waals surface area contributed by atoms with E-state index in [4.69, 9.17) is 0 Å². The quantitative estimate of drug-likeness (QED) is 0.0980. The molecule has 4 aliphatic rings. The number of rotatable bonds is 5. The van der Waals surface area contributed by atoms with Crippen LogP contribution in [0.1, 0.15) is 69.0 Å².